The van der Waals surface area contributed by atoms with Crippen LogP contribution in [0.25, 0.3) is 0 Å². The van der Waals surface area contributed by atoms with E-state index in [2.05, 4.69) is 4.74 Å². The molecule has 2 N–H and O–H groups in total. The highest BCUT2D eigenvalue weighted by Gasteiger charge is 2.11. The number of carbonyl (C=O) groups is 3. The fourth-order valence-electron chi connectivity index (χ4n) is 0.941. The van der Waals surface area contributed by atoms with Crippen molar-refractivity contribution in [3.05, 3.63) is 0 Å². The molecule has 106 valence electrons. The zero-order valence-corrected chi connectivity index (χ0v) is 11.1. The molecule has 0 bridgehead atoms. The van der Waals surface area contributed by atoms with Gasteiger partial charge in [0.05, 0.1) is 6.61 Å². The Labute approximate surface area is 107 Å². The van der Waals surface area contributed by atoms with Crippen molar-refractivity contribution < 1.29 is 29.3 Å². The van der Waals surface area contributed by atoms with Crippen molar-refractivity contribution in [2.24, 2.45) is 0 Å². The molecule has 0 aromatic carbocycles. The van der Waals surface area contributed by atoms with E-state index >= 15 is 0 Å². The minimum Gasteiger partial charge on any atom is -0.481 e. The maximum Gasteiger partial charge on any atom is 0.334 e. The molecule has 1 atom stereocenters. The molecule has 0 aliphatic heterocycles. The van der Waals surface area contributed by atoms with Crippen LogP contribution in [0.5, 0.6) is 0 Å². The Bertz CT molecular complexity index is 261. The molecule has 0 fully saturated rings. The number of rotatable bonds is 7. The lowest BCUT2D eigenvalue weighted by molar-refractivity contribution is -0.153. The van der Waals surface area contributed by atoms with Gasteiger partial charge in [0.25, 0.3) is 0 Å². The Morgan fingerprint density at radius 3 is 2.06 bits per heavy atom. The van der Waals surface area contributed by atoms with Gasteiger partial charge in [-0.3, -0.25) is 9.59 Å². The van der Waals surface area contributed by atoms with E-state index in [1.807, 2.05) is 6.92 Å². The second kappa shape index (κ2) is 12.0. The summed E-state index contributed by atoms with van der Waals surface area (Å²) in [6.45, 7) is 5.61. The van der Waals surface area contributed by atoms with Gasteiger partial charge in [-0.05, 0) is 19.8 Å². The third-order valence-electron chi connectivity index (χ3n) is 1.82. The first-order valence-corrected chi connectivity index (χ1v) is 5.97. The third-order valence-corrected chi connectivity index (χ3v) is 1.82. The number of aliphatic hydroxyl groups is 1. The van der Waals surface area contributed by atoms with Gasteiger partial charge in [0, 0.05) is 6.42 Å². The van der Waals surface area contributed by atoms with Crippen LogP contribution in [0.1, 0.15) is 46.5 Å². The molecule has 0 rings (SSSR count). The van der Waals surface area contributed by atoms with Gasteiger partial charge in [-0.15, -0.1) is 0 Å². The van der Waals surface area contributed by atoms with Crippen LogP contribution in [0.3, 0.4) is 0 Å². The summed E-state index contributed by atoms with van der Waals surface area (Å²) in [7, 11) is 0. The normalized spacial score (nSPS) is 10.9. The van der Waals surface area contributed by atoms with Crippen LogP contribution in [-0.4, -0.2) is 40.6 Å². The number of aliphatic hydroxyl groups excluding tert-OH is 1. The van der Waals surface area contributed by atoms with Crippen molar-refractivity contribution in [2.75, 3.05) is 6.61 Å². The van der Waals surface area contributed by atoms with E-state index in [1.54, 1.807) is 13.8 Å². The molecular formula is C12H22O6. The molecule has 0 saturated heterocycles. The van der Waals surface area contributed by atoms with Crippen LogP contribution in [-0.2, 0) is 19.1 Å². The summed E-state index contributed by atoms with van der Waals surface area (Å²) < 4.78 is 4.51. The average Bonchev–Trinajstić information content (AvgIpc) is 2.28. The van der Waals surface area contributed by atoms with Crippen LogP contribution in [0.4, 0.5) is 0 Å². The van der Waals surface area contributed by atoms with Crippen LogP contribution in [0.2, 0.25) is 0 Å². The Hall–Kier alpha value is -1.43. The molecule has 1 unspecified atom stereocenters. The van der Waals surface area contributed by atoms with Crippen molar-refractivity contribution in [2.45, 2.75) is 52.6 Å². The lowest BCUT2D eigenvalue weighted by atomic mass is 10.2. The van der Waals surface area contributed by atoms with Gasteiger partial charge < -0.3 is 14.9 Å². The van der Waals surface area contributed by atoms with Crippen molar-refractivity contribution >= 4 is 17.7 Å². The molecule has 0 aliphatic carbocycles. The number of aliphatic carboxylic acids is 1. The fourth-order valence-corrected chi connectivity index (χ4v) is 0.941. The predicted molar refractivity (Wildman–Crippen MR) is 65.1 cm³/mol. The number of carboxylic acid groups (broad SMARTS) is 1. The minimum absolute atomic E-state index is 0.190. The van der Waals surface area contributed by atoms with Gasteiger partial charge in [-0.25, -0.2) is 4.79 Å². The lowest BCUT2D eigenvalue weighted by Gasteiger charge is -2.04. The van der Waals surface area contributed by atoms with Gasteiger partial charge in [0.1, 0.15) is 12.2 Å². The van der Waals surface area contributed by atoms with E-state index < -0.39 is 18.0 Å². The Morgan fingerprint density at radius 1 is 1.17 bits per heavy atom. The molecule has 6 nitrogen and oxygen atoms in total. The monoisotopic (exact) mass is 262 g/mol. The summed E-state index contributed by atoms with van der Waals surface area (Å²) in [5.74, 6) is -1.75. The van der Waals surface area contributed by atoms with Crippen molar-refractivity contribution in [3.63, 3.8) is 0 Å². The Morgan fingerprint density at radius 2 is 1.72 bits per heavy atom. The largest absolute Gasteiger partial charge is 0.481 e. The molecule has 0 aliphatic rings. The molecular weight excluding hydrogens is 240 g/mol. The maximum atomic E-state index is 10.5. The molecule has 0 aromatic heterocycles. The van der Waals surface area contributed by atoms with Gasteiger partial charge in [0.2, 0.25) is 0 Å². The smallest absolute Gasteiger partial charge is 0.334 e. The number of carbonyl (C=O) groups excluding carboxylic acids is 2. The van der Waals surface area contributed by atoms with E-state index in [1.165, 1.54) is 0 Å². The third kappa shape index (κ3) is 12.6. The van der Waals surface area contributed by atoms with Crippen molar-refractivity contribution in [1.82, 2.24) is 0 Å². The zero-order valence-electron chi connectivity index (χ0n) is 11.1. The molecule has 6 heteroatoms. The van der Waals surface area contributed by atoms with Gasteiger partial charge in [-0.1, -0.05) is 13.8 Å². The minimum atomic E-state index is -1.03. The molecule has 0 heterocycles. The standard InChI is InChI=1S/C6H12O3.C6H10O3/c1-3-5(7)6(8)9-4-2;1-2-3-5(7)4-6(8)9/h5,7H,3-4H2,1-2H3;2-4H2,1H3,(H,8,9). The summed E-state index contributed by atoms with van der Waals surface area (Å²) in [4.78, 5) is 30.8. The molecule has 0 aromatic rings. The van der Waals surface area contributed by atoms with Gasteiger partial charge >= 0.3 is 11.9 Å². The molecule has 0 spiro atoms. The van der Waals surface area contributed by atoms with Crippen molar-refractivity contribution in [1.29, 1.82) is 0 Å². The summed E-state index contributed by atoms with van der Waals surface area (Å²) in [5, 5.41) is 16.9. The predicted octanol–water partition coefficient (Wildman–Crippen LogP) is 1.15. The highest BCUT2D eigenvalue weighted by molar-refractivity contribution is 5.94. The number of ketones is 1. The lowest BCUT2D eigenvalue weighted by Crippen LogP contribution is -2.21. The quantitative estimate of drug-likeness (QED) is 0.527. The second-order valence-corrected chi connectivity index (χ2v) is 3.54. The van der Waals surface area contributed by atoms with E-state index in [-0.39, 0.29) is 12.2 Å². The highest BCUT2D eigenvalue weighted by Crippen LogP contribution is 1.93. The fraction of sp³-hybridized carbons (Fsp3) is 0.750. The van der Waals surface area contributed by atoms with Crippen LogP contribution < -0.4 is 0 Å². The van der Waals surface area contributed by atoms with Gasteiger partial charge in [0.15, 0.2) is 6.10 Å². The average molecular weight is 262 g/mol. The zero-order chi connectivity index (χ0) is 14.6. The van der Waals surface area contributed by atoms with E-state index in [0.29, 0.717) is 19.4 Å². The first kappa shape index (κ1) is 18.9. The maximum absolute atomic E-state index is 10.5. The second-order valence-electron chi connectivity index (χ2n) is 3.54. The number of esters is 1. The first-order valence-electron chi connectivity index (χ1n) is 5.97. The Balaban J connectivity index is 0. The van der Waals surface area contributed by atoms with E-state index in [9.17, 15) is 14.4 Å². The number of carboxylic acids is 1. The summed E-state index contributed by atoms with van der Waals surface area (Å²) in [6, 6.07) is 0. The van der Waals surface area contributed by atoms with Crippen LogP contribution >= 0.6 is 0 Å². The first-order chi connectivity index (χ1) is 8.38. The van der Waals surface area contributed by atoms with Crippen molar-refractivity contribution in [3.8, 4) is 0 Å². The SMILES string of the molecule is CCCC(=O)CC(=O)O.CCOC(=O)C(O)CC. The molecule has 0 saturated carbocycles. The molecule has 0 amide bonds. The van der Waals surface area contributed by atoms with Crippen LogP contribution in [0.15, 0.2) is 0 Å². The number of Topliss-reactive ketones (excluding diaryl/α,β-unsaturated/α-hetero) is 1. The number of hydrogen-bond acceptors (Lipinski definition) is 5. The van der Waals surface area contributed by atoms with Crippen LogP contribution in [0, 0.1) is 0 Å². The highest BCUT2D eigenvalue weighted by atomic mass is 16.5. The molecule has 18 heavy (non-hydrogen) atoms. The number of hydrogen-bond donors (Lipinski definition) is 2. The Kier molecular flexibility index (Phi) is 12.7. The number of ether oxygens (including phenoxy) is 1. The van der Waals surface area contributed by atoms with E-state index in [0.717, 1.165) is 6.42 Å². The molecule has 0 radical (unpaired) electrons. The summed E-state index contributed by atoms with van der Waals surface area (Å²) in [6.07, 6.45) is 0.260. The summed E-state index contributed by atoms with van der Waals surface area (Å²) >= 11 is 0. The van der Waals surface area contributed by atoms with Gasteiger partial charge in [-0.2, -0.15) is 0 Å². The summed E-state index contributed by atoms with van der Waals surface area (Å²) in [5.41, 5.74) is 0. The van der Waals surface area contributed by atoms with E-state index in [4.69, 9.17) is 10.2 Å². The topological polar surface area (TPSA) is 101 Å².